The maximum absolute atomic E-state index is 12.9. The highest BCUT2D eigenvalue weighted by molar-refractivity contribution is 5.75. The number of carbonyl (C=O) groups is 1. The van der Waals surface area contributed by atoms with Gasteiger partial charge in [0.15, 0.2) is 5.82 Å². The molecule has 0 aliphatic carbocycles. The number of nitrogens with one attached hydrogen (secondary N) is 2. The lowest BCUT2D eigenvalue weighted by molar-refractivity contribution is -0.121. The van der Waals surface area contributed by atoms with Crippen molar-refractivity contribution in [1.29, 1.82) is 0 Å². The lowest BCUT2D eigenvalue weighted by Crippen LogP contribution is -2.23. The molecule has 0 fully saturated rings. The lowest BCUT2D eigenvalue weighted by atomic mass is 10.2. The Kier molecular flexibility index (Phi) is 4.46. The van der Waals surface area contributed by atoms with Gasteiger partial charge in [0, 0.05) is 18.4 Å². The molecule has 6 nitrogen and oxygen atoms in total. The van der Waals surface area contributed by atoms with Gasteiger partial charge >= 0.3 is 0 Å². The minimum atomic E-state index is -0.312. The van der Waals surface area contributed by atoms with E-state index in [1.165, 1.54) is 12.1 Å². The summed E-state index contributed by atoms with van der Waals surface area (Å²) in [5.41, 5.74) is 0.707. The average molecular weight is 314 g/mol. The second kappa shape index (κ2) is 6.87. The molecule has 0 saturated heterocycles. The highest BCUT2D eigenvalue weighted by atomic mass is 19.1. The van der Waals surface area contributed by atoms with E-state index in [0.29, 0.717) is 30.1 Å². The summed E-state index contributed by atoms with van der Waals surface area (Å²) < 4.78 is 18.1. The second-order valence-electron chi connectivity index (χ2n) is 4.97. The van der Waals surface area contributed by atoms with Crippen LogP contribution in [0.4, 0.5) is 4.39 Å². The van der Waals surface area contributed by atoms with Crippen LogP contribution in [0.3, 0.4) is 0 Å². The van der Waals surface area contributed by atoms with E-state index < -0.39 is 0 Å². The van der Waals surface area contributed by atoms with Crippen LogP contribution in [-0.4, -0.2) is 21.1 Å². The van der Waals surface area contributed by atoms with E-state index in [4.69, 9.17) is 4.42 Å². The van der Waals surface area contributed by atoms with Crippen LogP contribution in [0.25, 0.3) is 11.4 Å². The van der Waals surface area contributed by atoms with Gasteiger partial charge < -0.3 is 9.73 Å². The highest BCUT2D eigenvalue weighted by Crippen LogP contribution is 2.14. The molecule has 0 bridgehead atoms. The van der Waals surface area contributed by atoms with Gasteiger partial charge in [0.25, 0.3) is 0 Å². The molecule has 0 aliphatic rings. The van der Waals surface area contributed by atoms with Crippen LogP contribution in [0.1, 0.15) is 18.0 Å². The summed E-state index contributed by atoms with van der Waals surface area (Å²) in [6.45, 7) is 0.255. The number of nitrogens with zero attached hydrogens (tertiary/aromatic N) is 2. The van der Waals surface area contributed by atoms with Crippen molar-refractivity contribution in [2.24, 2.45) is 0 Å². The Hall–Kier alpha value is -2.96. The standard InChI is InChI=1S/C16H15FN4O2/c17-12-5-3-11(4-6-12)16-19-14(20-21-16)10-18-15(22)8-7-13-2-1-9-23-13/h1-6,9H,7-8,10H2,(H,18,22)(H,19,20,21). The van der Waals surface area contributed by atoms with Gasteiger partial charge in [0.05, 0.1) is 12.8 Å². The molecule has 3 aromatic rings. The van der Waals surface area contributed by atoms with Crippen molar-refractivity contribution in [3.63, 3.8) is 0 Å². The Balaban J connectivity index is 1.50. The van der Waals surface area contributed by atoms with E-state index in [9.17, 15) is 9.18 Å². The van der Waals surface area contributed by atoms with E-state index in [1.54, 1.807) is 24.5 Å². The third-order valence-electron chi connectivity index (χ3n) is 3.27. The molecule has 1 aromatic carbocycles. The van der Waals surface area contributed by atoms with Crippen molar-refractivity contribution in [3.8, 4) is 11.4 Å². The Morgan fingerprint density at radius 3 is 2.83 bits per heavy atom. The predicted molar refractivity (Wildman–Crippen MR) is 80.7 cm³/mol. The number of amides is 1. The molecule has 118 valence electrons. The number of aryl methyl sites for hydroxylation is 1. The number of rotatable bonds is 6. The molecular weight excluding hydrogens is 299 g/mol. The van der Waals surface area contributed by atoms with E-state index in [-0.39, 0.29) is 18.3 Å². The summed E-state index contributed by atoms with van der Waals surface area (Å²) in [5.74, 6) is 1.37. The fraction of sp³-hybridized carbons (Fsp3) is 0.188. The first-order valence-corrected chi connectivity index (χ1v) is 7.17. The van der Waals surface area contributed by atoms with Crippen molar-refractivity contribution in [1.82, 2.24) is 20.5 Å². The Labute approximate surface area is 131 Å². The number of carbonyl (C=O) groups excluding carboxylic acids is 1. The average Bonchev–Trinajstić information content (AvgIpc) is 3.23. The molecule has 2 heterocycles. The number of aromatic amines is 1. The summed E-state index contributed by atoms with van der Waals surface area (Å²) in [6, 6.07) is 9.52. The third kappa shape index (κ3) is 4.03. The monoisotopic (exact) mass is 314 g/mol. The first kappa shape index (κ1) is 15.0. The van der Waals surface area contributed by atoms with Crippen LogP contribution in [0.5, 0.6) is 0 Å². The number of hydrogen-bond donors (Lipinski definition) is 2. The summed E-state index contributed by atoms with van der Waals surface area (Å²) in [5, 5.41) is 9.57. The first-order chi connectivity index (χ1) is 11.2. The number of benzene rings is 1. The summed E-state index contributed by atoms with van der Waals surface area (Å²) >= 11 is 0. The van der Waals surface area contributed by atoms with Gasteiger partial charge in [0.2, 0.25) is 5.91 Å². The van der Waals surface area contributed by atoms with Gasteiger partial charge in [-0.05, 0) is 36.4 Å². The molecule has 0 saturated carbocycles. The fourth-order valence-corrected chi connectivity index (χ4v) is 2.06. The summed E-state index contributed by atoms with van der Waals surface area (Å²) in [6.07, 6.45) is 2.47. The normalized spacial score (nSPS) is 10.7. The van der Waals surface area contributed by atoms with Crippen LogP contribution >= 0.6 is 0 Å². The fourth-order valence-electron chi connectivity index (χ4n) is 2.06. The molecule has 1 amide bonds. The molecule has 23 heavy (non-hydrogen) atoms. The first-order valence-electron chi connectivity index (χ1n) is 7.17. The molecule has 2 aromatic heterocycles. The molecular formula is C16H15FN4O2. The largest absolute Gasteiger partial charge is 0.469 e. The summed E-state index contributed by atoms with van der Waals surface area (Å²) in [4.78, 5) is 16.0. The second-order valence-corrected chi connectivity index (χ2v) is 4.97. The van der Waals surface area contributed by atoms with Gasteiger partial charge in [0.1, 0.15) is 17.4 Å². The zero-order chi connectivity index (χ0) is 16.1. The lowest BCUT2D eigenvalue weighted by Gasteiger charge is -2.01. The van der Waals surface area contributed by atoms with E-state index in [0.717, 1.165) is 5.76 Å². The van der Waals surface area contributed by atoms with Crippen molar-refractivity contribution < 1.29 is 13.6 Å². The van der Waals surface area contributed by atoms with Crippen LogP contribution in [0, 0.1) is 5.82 Å². The third-order valence-corrected chi connectivity index (χ3v) is 3.27. The Bertz CT molecular complexity index is 766. The molecule has 2 N–H and O–H groups in total. The van der Waals surface area contributed by atoms with Crippen LogP contribution in [0.15, 0.2) is 47.1 Å². The molecule has 3 rings (SSSR count). The minimum absolute atomic E-state index is 0.0962. The zero-order valence-corrected chi connectivity index (χ0v) is 12.3. The van der Waals surface area contributed by atoms with E-state index >= 15 is 0 Å². The quantitative estimate of drug-likeness (QED) is 0.732. The number of aromatic nitrogens is 3. The van der Waals surface area contributed by atoms with Crippen LogP contribution < -0.4 is 5.32 Å². The SMILES string of the molecule is O=C(CCc1ccco1)NCc1nc(-c2ccc(F)cc2)n[nH]1. The van der Waals surface area contributed by atoms with Crippen molar-refractivity contribution in [2.45, 2.75) is 19.4 Å². The van der Waals surface area contributed by atoms with Gasteiger partial charge in [-0.3, -0.25) is 9.89 Å². The predicted octanol–water partition coefficient (Wildman–Crippen LogP) is 2.45. The van der Waals surface area contributed by atoms with Gasteiger partial charge in [-0.2, -0.15) is 5.10 Å². The Morgan fingerprint density at radius 2 is 2.09 bits per heavy atom. The topological polar surface area (TPSA) is 83.8 Å². The number of furan rings is 1. The molecule has 0 aliphatic heterocycles. The number of H-pyrrole nitrogens is 1. The maximum atomic E-state index is 12.9. The van der Waals surface area contributed by atoms with E-state index in [1.807, 2.05) is 6.07 Å². The maximum Gasteiger partial charge on any atom is 0.220 e. The van der Waals surface area contributed by atoms with Crippen LogP contribution in [0.2, 0.25) is 0 Å². The Morgan fingerprint density at radius 1 is 1.26 bits per heavy atom. The van der Waals surface area contributed by atoms with E-state index in [2.05, 4.69) is 20.5 Å². The van der Waals surface area contributed by atoms with Gasteiger partial charge in [-0.1, -0.05) is 0 Å². The molecule has 0 atom stereocenters. The minimum Gasteiger partial charge on any atom is -0.469 e. The molecule has 7 heteroatoms. The van der Waals surface area contributed by atoms with Gasteiger partial charge in [-0.25, -0.2) is 9.37 Å². The smallest absolute Gasteiger partial charge is 0.220 e. The zero-order valence-electron chi connectivity index (χ0n) is 12.3. The van der Waals surface area contributed by atoms with Crippen LogP contribution in [-0.2, 0) is 17.8 Å². The van der Waals surface area contributed by atoms with Gasteiger partial charge in [-0.15, -0.1) is 0 Å². The van der Waals surface area contributed by atoms with Crippen molar-refractivity contribution in [2.75, 3.05) is 0 Å². The number of hydrogen-bond acceptors (Lipinski definition) is 4. The highest BCUT2D eigenvalue weighted by Gasteiger charge is 2.08. The molecule has 0 radical (unpaired) electrons. The molecule has 0 unspecified atom stereocenters. The van der Waals surface area contributed by atoms with Crippen molar-refractivity contribution in [3.05, 3.63) is 60.1 Å². The summed E-state index contributed by atoms with van der Waals surface area (Å²) in [7, 11) is 0. The van der Waals surface area contributed by atoms with Crippen molar-refractivity contribution >= 4 is 5.91 Å². The molecule has 0 spiro atoms. The number of halogens is 1.